The number of hydrogen-bond donors (Lipinski definition) is 1. The van der Waals surface area contributed by atoms with Gasteiger partial charge < -0.3 is 10.1 Å². The standard InChI is InChI=1S/C8H15N3O/c1-7-8(6-11(2)10-7)9-4-5-12-3/h6,9H,4-5H2,1-3H3. The molecule has 0 amide bonds. The quantitative estimate of drug-likeness (QED) is 0.677. The molecule has 0 unspecified atom stereocenters. The zero-order chi connectivity index (χ0) is 8.97. The van der Waals surface area contributed by atoms with Gasteiger partial charge in [0.25, 0.3) is 0 Å². The molecule has 1 aromatic rings. The molecule has 4 heteroatoms. The van der Waals surface area contributed by atoms with E-state index < -0.39 is 0 Å². The molecule has 0 saturated carbocycles. The highest BCUT2D eigenvalue weighted by molar-refractivity contribution is 5.45. The Balaban J connectivity index is 2.45. The van der Waals surface area contributed by atoms with Gasteiger partial charge in [0.2, 0.25) is 0 Å². The van der Waals surface area contributed by atoms with Crippen LogP contribution >= 0.6 is 0 Å². The van der Waals surface area contributed by atoms with Crippen molar-refractivity contribution in [2.45, 2.75) is 6.92 Å². The highest BCUT2D eigenvalue weighted by atomic mass is 16.5. The molecule has 0 atom stereocenters. The fraction of sp³-hybridized carbons (Fsp3) is 0.625. The summed E-state index contributed by atoms with van der Waals surface area (Å²) < 4.78 is 6.72. The van der Waals surface area contributed by atoms with Crippen LogP contribution < -0.4 is 5.32 Å². The van der Waals surface area contributed by atoms with Gasteiger partial charge in [0.1, 0.15) is 0 Å². The molecule has 0 saturated heterocycles. The second kappa shape index (κ2) is 4.11. The third-order valence-electron chi connectivity index (χ3n) is 1.64. The number of anilines is 1. The van der Waals surface area contributed by atoms with E-state index in [2.05, 4.69) is 10.4 Å². The molecule has 0 bridgehead atoms. The van der Waals surface area contributed by atoms with E-state index in [0.717, 1.165) is 17.9 Å². The molecule has 4 nitrogen and oxygen atoms in total. The van der Waals surface area contributed by atoms with Gasteiger partial charge in [-0.3, -0.25) is 4.68 Å². The summed E-state index contributed by atoms with van der Waals surface area (Å²) in [5, 5.41) is 7.43. The minimum Gasteiger partial charge on any atom is -0.383 e. The van der Waals surface area contributed by atoms with Gasteiger partial charge in [-0.05, 0) is 6.92 Å². The highest BCUT2D eigenvalue weighted by Crippen LogP contribution is 2.10. The first-order valence-electron chi connectivity index (χ1n) is 3.97. The summed E-state index contributed by atoms with van der Waals surface area (Å²) in [6.07, 6.45) is 1.96. The number of nitrogens with zero attached hydrogens (tertiary/aromatic N) is 2. The zero-order valence-corrected chi connectivity index (χ0v) is 7.79. The molecular weight excluding hydrogens is 154 g/mol. The van der Waals surface area contributed by atoms with Crippen LogP contribution in [0.25, 0.3) is 0 Å². The molecule has 0 aromatic carbocycles. The lowest BCUT2D eigenvalue weighted by molar-refractivity contribution is 0.211. The maximum Gasteiger partial charge on any atom is 0.0824 e. The van der Waals surface area contributed by atoms with E-state index >= 15 is 0 Å². The van der Waals surface area contributed by atoms with Crippen LogP contribution in [0.2, 0.25) is 0 Å². The number of aromatic nitrogens is 2. The minimum atomic E-state index is 0.717. The van der Waals surface area contributed by atoms with Crippen molar-refractivity contribution in [1.82, 2.24) is 9.78 Å². The van der Waals surface area contributed by atoms with Crippen molar-refractivity contribution in [2.24, 2.45) is 7.05 Å². The Morgan fingerprint density at radius 1 is 1.67 bits per heavy atom. The smallest absolute Gasteiger partial charge is 0.0824 e. The largest absolute Gasteiger partial charge is 0.383 e. The van der Waals surface area contributed by atoms with Crippen LogP contribution in [0.1, 0.15) is 5.69 Å². The number of hydrogen-bond acceptors (Lipinski definition) is 3. The first-order valence-corrected chi connectivity index (χ1v) is 3.97. The van der Waals surface area contributed by atoms with Gasteiger partial charge in [-0.25, -0.2) is 0 Å². The van der Waals surface area contributed by atoms with Gasteiger partial charge in [0, 0.05) is 26.9 Å². The van der Waals surface area contributed by atoms with E-state index in [9.17, 15) is 0 Å². The third kappa shape index (κ3) is 2.23. The molecule has 0 fully saturated rings. The van der Waals surface area contributed by atoms with Crippen LogP contribution in [-0.2, 0) is 11.8 Å². The molecule has 68 valence electrons. The Hall–Kier alpha value is -1.03. The van der Waals surface area contributed by atoms with Crippen molar-refractivity contribution < 1.29 is 4.74 Å². The van der Waals surface area contributed by atoms with Crippen molar-refractivity contribution in [1.29, 1.82) is 0 Å². The van der Waals surface area contributed by atoms with Crippen molar-refractivity contribution in [3.63, 3.8) is 0 Å². The lowest BCUT2D eigenvalue weighted by Crippen LogP contribution is -2.07. The third-order valence-corrected chi connectivity index (χ3v) is 1.64. The molecule has 0 radical (unpaired) electrons. The van der Waals surface area contributed by atoms with Crippen molar-refractivity contribution in [2.75, 3.05) is 25.6 Å². The van der Waals surface area contributed by atoms with Crippen LogP contribution in [0.5, 0.6) is 0 Å². The fourth-order valence-corrected chi connectivity index (χ4v) is 1.06. The lowest BCUT2D eigenvalue weighted by Gasteiger charge is -2.02. The van der Waals surface area contributed by atoms with E-state index in [-0.39, 0.29) is 0 Å². The van der Waals surface area contributed by atoms with Gasteiger partial charge in [0.05, 0.1) is 18.0 Å². The van der Waals surface area contributed by atoms with Crippen molar-refractivity contribution in [3.8, 4) is 0 Å². The molecular formula is C8H15N3O. The van der Waals surface area contributed by atoms with Crippen LogP contribution in [0.4, 0.5) is 5.69 Å². The Bertz CT molecular complexity index is 244. The van der Waals surface area contributed by atoms with Gasteiger partial charge in [-0.1, -0.05) is 0 Å². The van der Waals surface area contributed by atoms with Gasteiger partial charge >= 0.3 is 0 Å². The molecule has 1 rings (SSSR count). The molecule has 1 heterocycles. The van der Waals surface area contributed by atoms with Crippen molar-refractivity contribution >= 4 is 5.69 Å². The van der Waals surface area contributed by atoms with Gasteiger partial charge in [0.15, 0.2) is 0 Å². The fourth-order valence-electron chi connectivity index (χ4n) is 1.06. The number of rotatable bonds is 4. The second-order valence-corrected chi connectivity index (χ2v) is 2.72. The number of methoxy groups -OCH3 is 1. The van der Waals surface area contributed by atoms with Crippen molar-refractivity contribution in [3.05, 3.63) is 11.9 Å². The predicted molar refractivity (Wildman–Crippen MR) is 48.3 cm³/mol. The Kier molecular flexibility index (Phi) is 3.10. The summed E-state index contributed by atoms with van der Waals surface area (Å²) >= 11 is 0. The Morgan fingerprint density at radius 2 is 2.42 bits per heavy atom. The Morgan fingerprint density at radius 3 is 2.92 bits per heavy atom. The number of nitrogens with one attached hydrogen (secondary N) is 1. The molecule has 1 aromatic heterocycles. The number of ether oxygens (including phenoxy) is 1. The number of aryl methyl sites for hydroxylation is 2. The maximum atomic E-state index is 4.92. The maximum absolute atomic E-state index is 4.92. The SMILES string of the molecule is COCCNc1cn(C)nc1C. The lowest BCUT2D eigenvalue weighted by atomic mass is 10.4. The highest BCUT2D eigenvalue weighted by Gasteiger charge is 2.00. The van der Waals surface area contributed by atoms with E-state index in [0.29, 0.717) is 6.61 Å². The zero-order valence-electron chi connectivity index (χ0n) is 7.79. The summed E-state index contributed by atoms with van der Waals surface area (Å²) in [6.45, 7) is 3.52. The van der Waals surface area contributed by atoms with Gasteiger partial charge in [-0.2, -0.15) is 5.10 Å². The van der Waals surface area contributed by atoms with E-state index in [1.807, 2.05) is 20.2 Å². The molecule has 0 aliphatic rings. The molecule has 0 aliphatic heterocycles. The van der Waals surface area contributed by atoms with E-state index in [1.54, 1.807) is 11.8 Å². The molecule has 0 spiro atoms. The first kappa shape index (κ1) is 9.06. The average Bonchev–Trinajstić information content (AvgIpc) is 2.31. The van der Waals surface area contributed by atoms with E-state index in [4.69, 9.17) is 4.74 Å². The molecule has 1 N–H and O–H groups in total. The molecule has 12 heavy (non-hydrogen) atoms. The first-order chi connectivity index (χ1) is 5.74. The molecule has 0 aliphatic carbocycles. The van der Waals surface area contributed by atoms with Crippen LogP contribution in [-0.4, -0.2) is 30.0 Å². The van der Waals surface area contributed by atoms with Crippen LogP contribution in [0.15, 0.2) is 6.20 Å². The predicted octanol–water partition coefficient (Wildman–Crippen LogP) is 0.787. The normalized spacial score (nSPS) is 10.2. The Labute approximate surface area is 72.5 Å². The average molecular weight is 169 g/mol. The monoisotopic (exact) mass is 169 g/mol. The summed E-state index contributed by atoms with van der Waals surface area (Å²) in [4.78, 5) is 0. The summed E-state index contributed by atoms with van der Waals surface area (Å²) in [5.74, 6) is 0. The summed E-state index contributed by atoms with van der Waals surface area (Å²) in [6, 6.07) is 0. The van der Waals surface area contributed by atoms with Gasteiger partial charge in [-0.15, -0.1) is 0 Å². The summed E-state index contributed by atoms with van der Waals surface area (Å²) in [7, 11) is 3.60. The topological polar surface area (TPSA) is 39.1 Å². The minimum absolute atomic E-state index is 0.717. The van der Waals surface area contributed by atoms with Crippen LogP contribution in [0.3, 0.4) is 0 Å². The summed E-state index contributed by atoms with van der Waals surface area (Å²) in [5.41, 5.74) is 2.10. The van der Waals surface area contributed by atoms with E-state index in [1.165, 1.54) is 0 Å². The van der Waals surface area contributed by atoms with Crippen LogP contribution in [0, 0.1) is 6.92 Å². The second-order valence-electron chi connectivity index (χ2n) is 2.72.